The van der Waals surface area contributed by atoms with E-state index in [1.807, 2.05) is 0 Å². The Hall–Kier alpha value is -0.0800. The molecule has 0 saturated carbocycles. The van der Waals surface area contributed by atoms with Crippen LogP contribution in [0.25, 0.3) is 0 Å². The third kappa shape index (κ3) is 8.02. The molecule has 0 aromatic carbocycles. The van der Waals surface area contributed by atoms with Gasteiger partial charge in [-0.25, -0.2) is 0 Å². The van der Waals surface area contributed by atoms with Crippen LogP contribution in [-0.2, 0) is 4.74 Å². The van der Waals surface area contributed by atoms with Crippen LogP contribution in [0.3, 0.4) is 0 Å². The van der Waals surface area contributed by atoms with Gasteiger partial charge in [0.25, 0.3) is 0 Å². The highest BCUT2D eigenvalue weighted by Gasteiger charge is 1.97. The smallest absolute Gasteiger partial charge is 0.0503 e. The molecular formula is C10H23NO. The molecule has 2 heteroatoms. The minimum absolute atomic E-state index is 0.510. The monoisotopic (exact) mass is 173 g/mol. The van der Waals surface area contributed by atoms with E-state index in [-0.39, 0.29) is 0 Å². The summed E-state index contributed by atoms with van der Waals surface area (Å²) in [4.78, 5) is 0. The van der Waals surface area contributed by atoms with Crippen molar-refractivity contribution < 1.29 is 4.74 Å². The van der Waals surface area contributed by atoms with Gasteiger partial charge in [0.1, 0.15) is 0 Å². The molecule has 0 fully saturated rings. The molecule has 12 heavy (non-hydrogen) atoms. The Bertz CT molecular complexity index is 85.9. The van der Waals surface area contributed by atoms with Gasteiger partial charge in [0, 0.05) is 6.61 Å². The van der Waals surface area contributed by atoms with E-state index in [0.29, 0.717) is 5.92 Å². The second kappa shape index (κ2) is 9.01. The van der Waals surface area contributed by atoms with Gasteiger partial charge in [-0.2, -0.15) is 0 Å². The maximum absolute atomic E-state index is 5.45. The van der Waals surface area contributed by atoms with Crippen LogP contribution in [0.2, 0.25) is 0 Å². The first-order chi connectivity index (χ1) is 5.81. The number of hydrogen-bond donors (Lipinski definition) is 1. The summed E-state index contributed by atoms with van der Waals surface area (Å²) in [6, 6.07) is 0. The molecule has 2 nitrogen and oxygen atoms in total. The van der Waals surface area contributed by atoms with E-state index in [1.54, 1.807) is 0 Å². The number of rotatable bonds is 8. The van der Waals surface area contributed by atoms with Crippen LogP contribution in [0.5, 0.6) is 0 Å². The standard InChI is InChI=1S/C10H23NO/c1-3-4-5-6-7-12-9-10(2)8-11/h10H,3-9,11H2,1-2H3. The van der Waals surface area contributed by atoms with E-state index in [0.717, 1.165) is 19.8 Å². The Labute approximate surface area is 76.5 Å². The molecule has 0 saturated heterocycles. The lowest BCUT2D eigenvalue weighted by molar-refractivity contribution is 0.103. The molecule has 2 N–H and O–H groups in total. The second-order valence-corrected chi connectivity index (χ2v) is 3.48. The molecule has 0 aromatic rings. The lowest BCUT2D eigenvalue weighted by atomic mass is 10.2. The zero-order chi connectivity index (χ0) is 9.23. The van der Waals surface area contributed by atoms with Crippen LogP contribution in [-0.4, -0.2) is 19.8 Å². The largest absolute Gasteiger partial charge is 0.381 e. The second-order valence-electron chi connectivity index (χ2n) is 3.48. The average molecular weight is 173 g/mol. The summed E-state index contributed by atoms with van der Waals surface area (Å²) in [5, 5.41) is 0. The fraction of sp³-hybridized carbons (Fsp3) is 1.00. The fourth-order valence-corrected chi connectivity index (χ4v) is 0.983. The van der Waals surface area contributed by atoms with Gasteiger partial charge < -0.3 is 10.5 Å². The number of unbranched alkanes of at least 4 members (excludes halogenated alkanes) is 3. The fourth-order valence-electron chi connectivity index (χ4n) is 0.983. The highest BCUT2D eigenvalue weighted by atomic mass is 16.5. The molecule has 0 amide bonds. The molecule has 0 spiro atoms. The maximum atomic E-state index is 5.45. The lowest BCUT2D eigenvalue weighted by Gasteiger charge is -2.08. The van der Waals surface area contributed by atoms with Crippen molar-refractivity contribution in [2.75, 3.05) is 19.8 Å². The van der Waals surface area contributed by atoms with Crippen molar-refractivity contribution in [2.45, 2.75) is 39.5 Å². The molecule has 1 atom stereocenters. The van der Waals surface area contributed by atoms with Gasteiger partial charge in [-0.05, 0) is 18.9 Å². The first-order valence-electron chi connectivity index (χ1n) is 5.09. The lowest BCUT2D eigenvalue weighted by Crippen LogP contribution is -2.16. The van der Waals surface area contributed by atoms with E-state index < -0.39 is 0 Å². The molecule has 1 unspecified atom stereocenters. The molecule has 74 valence electrons. The minimum Gasteiger partial charge on any atom is -0.381 e. The van der Waals surface area contributed by atoms with Crippen LogP contribution in [0.15, 0.2) is 0 Å². The molecule has 0 aromatic heterocycles. The van der Waals surface area contributed by atoms with Crippen molar-refractivity contribution in [1.29, 1.82) is 0 Å². The molecule has 0 radical (unpaired) electrons. The maximum Gasteiger partial charge on any atom is 0.0503 e. The summed E-state index contributed by atoms with van der Waals surface area (Å²) in [6.07, 6.45) is 5.12. The summed E-state index contributed by atoms with van der Waals surface area (Å²) in [7, 11) is 0. The van der Waals surface area contributed by atoms with Gasteiger partial charge in [-0.15, -0.1) is 0 Å². The predicted molar refractivity (Wildman–Crippen MR) is 53.2 cm³/mol. The van der Waals surface area contributed by atoms with E-state index >= 15 is 0 Å². The van der Waals surface area contributed by atoms with Crippen molar-refractivity contribution in [3.05, 3.63) is 0 Å². The van der Waals surface area contributed by atoms with E-state index in [4.69, 9.17) is 10.5 Å². The zero-order valence-corrected chi connectivity index (χ0v) is 8.51. The van der Waals surface area contributed by atoms with E-state index in [2.05, 4.69) is 13.8 Å². The highest BCUT2D eigenvalue weighted by Crippen LogP contribution is 2.00. The zero-order valence-electron chi connectivity index (χ0n) is 8.51. The third-order valence-electron chi connectivity index (χ3n) is 1.95. The van der Waals surface area contributed by atoms with Gasteiger partial charge >= 0.3 is 0 Å². The van der Waals surface area contributed by atoms with Crippen molar-refractivity contribution in [3.63, 3.8) is 0 Å². The average Bonchev–Trinajstić information content (AvgIpc) is 2.10. The molecule has 0 bridgehead atoms. The summed E-state index contributed by atoms with van der Waals surface area (Å²) < 4.78 is 5.45. The van der Waals surface area contributed by atoms with Gasteiger partial charge in [0.05, 0.1) is 6.61 Å². The molecule has 0 aliphatic carbocycles. The number of hydrogen-bond acceptors (Lipinski definition) is 2. The van der Waals surface area contributed by atoms with Gasteiger partial charge in [-0.1, -0.05) is 33.1 Å². The SMILES string of the molecule is CCCCCCOCC(C)CN. The van der Waals surface area contributed by atoms with Crippen molar-refractivity contribution in [1.82, 2.24) is 0 Å². The summed E-state index contributed by atoms with van der Waals surface area (Å²) >= 11 is 0. The quantitative estimate of drug-likeness (QED) is 0.571. The Morgan fingerprint density at radius 2 is 2.00 bits per heavy atom. The van der Waals surface area contributed by atoms with Crippen LogP contribution in [0.1, 0.15) is 39.5 Å². The Balaban J connectivity index is 2.90. The normalized spacial score (nSPS) is 13.2. The first-order valence-corrected chi connectivity index (χ1v) is 5.09. The van der Waals surface area contributed by atoms with Gasteiger partial charge in [0.15, 0.2) is 0 Å². The molecule has 0 aliphatic heterocycles. The van der Waals surface area contributed by atoms with E-state index in [9.17, 15) is 0 Å². The molecule has 0 aliphatic rings. The van der Waals surface area contributed by atoms with Crippen LogP contribution in [0, 0.1) is 5.92 Å². The molecule has 0 rings (SSSR count). The van der Waals surface area contributed by atoms with Crippen LogP contribution in [0.4, 0.5) is 0 Å². The van der Waals surface area contributed by atoms with Crippen molar-refractivity contribution in [2.24, 2.45) is 11.7 Å². The van der Waals surface area contributed by atoms with Gasteiger partial charge in [-0.3, -0.25) is 0 Å². The van der Waals surface area contributed by atoms with Crippen molar-refractivity contribution >= 4 is 0 Å². The Morgan fingerprint density at radius 3 is 2.58 bits per heavy atom. The topological polar surface area (TPSA) is 35.2 Å². The van der Waals surface area contributed by atoms with Gasteiger partial charge in [0.2, 0.25) is 0 Å². The third-order valence-corrected chi connectivity index (χ3v) is 1.95. The van der Waals surface area contributed by atoms with Crippen LogP contribution < -0.4 is 5.73 Å². The van der Waals surface area contributed by atoms with E-state index in [1.165, 1.54) is 25.7 Å². The first kappa shape index (κ1) is 11.9. The number of nitrogens with two attached hydrogens (primary N) is 1. The predicted octanol–water partition coefficient (Wildman–Crippen LogP) is 2.18. The minimum atomic E-state index is 0.510. The van der Waals surface area contributed by atoms with Crippen molar-refractivity contribution in [3.8, 4) is 0 Å². The Kier molecular flexibility index (Phi) is 8.95. The molecular weight excluding hydrogens is 150 g/mol. The number of ether oxygens (including phenoxy) is 1. The van der Waals surface area contributed by atoms with Crippen LogP contribution >= 0.6 is 0 Å². The Morgan fingerprint density at radius 1 is 1.25 bits per heavy atom. The molecule has 0 heterocycles. The highest BCUT2D eigenvalue weighted by molar-refractivity contribution is 4.49. The summed E-state index contributed by atoms with van der Waals surface area (Å²) in [5.74, 6) is 0.510. The summed E-state index contributed by atoms with van der Waals surface area (Å²) in [5.41, 5.74) is 5.45. The summed E-state index contributed by atoms with van der Waals surface area (Å²) in [6.45, 7) is 6.80.